The van der Waals surface area contributed by atoms with Gasteiger partial charge in [-0.15, -0.1) is 0 Å². The number of nitrogens with zero attached hydrogens (tertiary/aromatic N) is 2. The van der Waals surface area contributed by atoms with Crippen molar-refractivity contribution in [2.24, 2.45) is 5.10 Å². The smallest absolute Gasteiger partial charge is 0.271 e. The highest BCUT2D eigenvalue weighted by Crippen LogP contribution is 2.25. The SMILES string of the molecule is O=C(N/N=C/c1cccc(Cl)c1O)c1cccc([N+](=O)[O-])c1. The number of rotatable bonds is 4. The normalized spacial score (nSPS) is 10.6. The standard InChI is InChI=1S/C14H10ClN3O4/c15-12-6-2-4-10(13(12)19)8-16-17-14(20)9-3-1-5-11(7-9)18(21)22/h1-8,19H,(H,17,20)/b16-8+. The number of carbonyl (C=O) groups is 1. The number of para-hydroxylation sites is 1. The van der Waals surface area contributed by atoms with Gasteiger partial charge in [0, 0.05) is 23.3 Å². The molecule has 0 aromatic heterocycles. The summed E-state index contributed by atoms with van der Waals surface area (Å²) in [6, 6.07) is 9.94. The fraction of sp³-hybridized carbons (Fsp3) is 0. The molecule has 0 bridgehead atoms. The van der Waals surface area contributed by atoms with Crippen molar-refractivity contribution in [1.29, 1.82) is 0 Å². The Balaban J connectivity index is 2.09. The third kappa shape index (κ3) is 3.58. The number of nitro benzene ring substituents is 1. The number of nitrogens with one attached hydrogen (secondary N) is 1. The van der Waals surface area contributed by atoms with Gasteiger partial charge in [0.1, 0.15) is 5.75 Å². The van der Waals surface area contributed by atoms with Gasteiger partial charge in [0.25, 0.3) is 11.6 Å². The van der Waals surface area contributed by atoms with E-state index in [0.29, 0.717) is 5.56 Å². The zero-order valence-corrected chi connectivity index (χ0v) is 11.8. The molecule has 0 aliphatic heterocycles. The molecule has 0 unspecified atom stereocenters. The average molecular weight is 320 g/mol. The third-order valence-electron chi connectivity index (χ3n) is 2.71. The fourth-order valence-electron chi connectivity index (χ4n) is 1.62. The third-order valence-corrected chi connectivity index (χ3v) is 3.01. The predicted octanol–water partition coefficient (Wildman–Crippen LogP) is 2.72. The van der Waals surface area contributed by atoms with Crippen molar-refractivity contribution < 1.29 is 14.8 Å². The van der Waals surface area contributed by atoms with Crippen molar-refractivity contribution in [3.8, 4) is 5.75 Å². The van der Waals surface area contributed by atoms with Crippen LogP contribution in [-0.4, -0.2) is 22.2 Å². The van der Waals surface area contributed by atoms with Crippen molar-refractivity contribution in [2.45, 2.75) is 0 Å². The molecule has 7 nitrogen and oxygen atoms in total. The number of aromatic hydroxyl groups is 1. The van der Waals surface area contributed by atoms with E-state index in [4.69, 9.17) is 11.6 Å². The van der Waals surface area contributed by atoms with Gasteiger partial charge in [-0.3, -0.25) is 14.9 Å². The Kier molecular flexibility index (Phi) is 4.70. The van der Waals surface area contributed by atoms with E-state index in [1.54, 1.807) is 12.1 Å². The van der Waals surface area contributed by atoms with Gasteiger partial charge in [0.2, 0.25) is 0 Å². The summed E-state index contributed by atoms with van der Waals surface area (Å²) in [5, 5.41) is 24.2. The van der Waals surface area contributed by atoms with E-state index in [1.165, 1.54) is 30.5 Å². The zero-order chi connectivity index (χ0) is 16.1. The summed E-state index contributed by atoms with van der Waals surface area (Å²) in [6.07, 6.45) is 1.22. The van der Waals surface area contributed by atoms with Gasteiger partial charge in [-0.2, -0.15) is 5.10 Å². The highest BCUT2D eigenvalue weighted by Gasteiger charge is 2.10. The van der Waals surface area contributed by atoms with E-state index in [9.17, 15) is 20.0 Å². The van der Waals surface area contributed by atoms with E-state index in [0.717, 1.165) is 6.07 Å². The molecular weight excluding hydrogens is 310 g/mol. The number of nitro groups is 1. The number of amides is 1. The van der Waals surface area contributed by atoms with Crippen molar-refractivity contribution in [1.82, 2.24) is 5.43 Å². The second-order valence-corrected chi connectivity index (χ2v) is 4.59. The molecule has 22 heavy (non-hydrogen) atoms. The lowest BCUT2D eigenvalue weighted by atomic mass is 10.2. The Labute approximate surface area is 130 Å². The Hall–Kier alpha value is -2.93. The molecule has 1 amide bonds. The molecule has 0 radical (unpaired) electrons. The van der Waals surface area contributed by atoms with Crippen LogP contribution < -0.4 is 5.43 Å². The largest absolute Gasteiger partial charge is 0.506 e. The molecule has 2 N–H and O–H groups in total. The van der Waals surface area contributed by atoms with Gasteiger partial charge in [0.15, 0.2) is 0 Å². The molecule has 0 saturated heterocycles. The Morgan fingerprint density at radius 3 is 2.77 bits per heavy atom. The molecule has 0 spiro atoms. The molecule has 0 aliphatic carbocycles. The van der Waals surface area contributed by atoms with Gasteiger partial charge >= 0.3 is 0 Å². The van der Waals surface area contributed by atoms with Gasteiger partial charge < -0.3 is 5.11 Å². The van der Waals surface area contributed by atoms with E-state index in [-0.39, 0.29) is 22.0 Å². The first-order valence-corrected chi connectivity index (χ1v) is 6.42. The van der Waals surface area contributed by atoms with E-state index in [1.807, 2.05) is 0 Å². The molecule has 112 valence electrons. The molecule has 0 atom stereocenters. The number of phenols is 1. The van der Waals surface area contributed by atoms with Crippen molar-refractivity contribution in [3.05, 3.63) is 68.7 Å². The lowest BCUT2D eigenvalue weighted by molar-refractivity contribution is -0.384. The second-order valence-electron chi connectivity index (χ2n) is 4.18. The van der Waals surface area contributed by atoms with Crippen LogP contribution in [0, 0.1) is 10.1 Å². The molecule has 8 heteroatoms. The van der Waals surface area contributed by atoms with Crippen LogP contribution in [0.5, 0.6) is 5.75 Å². The van der Waals surface area contributed by atoms with Gasteiger partial charge in [0.05, 0.1) is 16.2 Å². The van der Waals surface area contributed by atoms with Gasteiger partial charge in [-0.05, 0) is 18.2 Å². The molecule has 0 heterocycles. The molecular formula is C14H10ClN3O4. The van der Waals surface area contributed by atoms with Crippen LogP contribution >= 0.6 is 11.6 Å². The monoisotopic (exact) mass is 319 g/mol. The van der Waals surface area contributed by atoms with Gasteiger partial charge in [-0.1, -0.05) is 23.7 Å². The second kappa shape index (κ2) is 6.68. The van der Waals surface area contributed by atoms with Crippen LogP contribution in [-0.2, 0) is 0 Å². The van der Waals surface area contributed by atoms with Crippen LogP contribution in [0.2, 0.25) is 5.02 Å². The summed E-state index contributed by atoms with van der Waals surface area (Å²) in [6.45, 7) is 0. The first-order chi connectivity index (χ1) is 10.5. The van der Waals surface area contributed by atoms with Crippen molar-refractivity contribution >= 4 is 29.4 Å². The minimum Gasteiger partial charge on any atom is -0.506 e. The number of hydrogen-bond donors (Lipinski definition) is 2. The maximum atomic E-state index is 11.8. The maximum absolute atomic E-state index is 11.8. The van der Waals surface area contributed by atoms with Gasteiger partial charge in [-0.25, -0.2) is 5.43 Å². The summed E-state index contributed by atoms with van der Waals surface area (Å²) >= 11 is 5.74. The summed E-state index contributed by atoms with van der Waals surface area (Å²) in [7, 11) is 0. The number of non-ortho nitro benzene ring substituents is 1. The van der Waals surface area contributed by atoms with Crippen LogP contribution in [0.3, 0.4) is 0 Å². The number of carbonyl (C=O) groups excluding carboxylic acids is 1. The number of benzene rings is 2. The van der Waals surface area contributed by atoms with Crippen LogP contribution in [0.4, 0.5) is 5.69 Å². The average Bonchev–Trinajstić information content (AvgIpc) is 2.51. The zero-order valence-electron chi connectivity index (χ0n) is 11.1. The summed E-state index contributed by atoms with van der Waals surface area (Å²) < 4.78 is 0. The number of halogens is 1. The Morgan fingerprint density at radius 1 is 1.32 bits per heavy atom. The molecule has 0 aliphatic rings. The Bertz CT molecular complexity index is 762. The topological polar surface area (TPSA) is 105 Å². The molecule has 2 aromatic carbocycles. The van der Waals surface area contributed by atoms with E-state index < -0.39 is 10.8 Å². The number of hydrogen-bond acceptors (Lipinski definition) is 5. The lowest BCUT2D eigenvalue weighted by Gasteiger charge is -2.01. The maximum Gasteiger partial charge on any atom is 0.271 e. The van der Waals surface area contributed by atoms with Crippen LogP contribution in [0.1, 0.15) is 15.9 Å². The highest BCUT2D eigenvalue weighted by molar-refractivity contribution is 6.32. The fourth-order valence-corrected chi connectivity index (χ4v) is 1.80. The quantitative estimate of drug-likeness (QED) is 0.513. The highest BCUT2D eigenvalue weighted by atomic mass is 35.5. The first kappa shape index (κ1) is 15.5. The summed E-state index contributed by atoms with van der Waals surface area (Å²) in [5.74, 6) is -0.765. The molecule has 2 aromatic rings. The minimum atomic E-state index is -0.610. The summed E-state index contributed by atoms with van der Waals surface area (Å²) in [4.78, 5) is 21.9. The number of hydrazone groups is 1. The number of phenolic OH excluding ortho intramolecular Hbond substituents is 1. The van der Waals surface area contributed by atoms with Crippen LogP contribution in [0.15, 0.2) is 47.6 Å². The lowest BCUT2D eigenvalue weighted by Crippen LogP contribution is -2.17. The van der Waals surface area contributed by atoms with Crippen molar-refractivity contribution in [2.75, 3.05) is 0 Å². The van der Waals surface area contributed by atoms with Crippen molar-refractivity contribution in [3.63, 3.8) is 0 Å². The van der Waals surface area contributed by atoms with E-state index >= 15 is 0 Å². The Morgan fingerprint density at radius 2 is 2.05 bits per heavy atom. The molecule has 0 fully saturated rings. The minimum absolute atomic E-state index is 0.0988. The summed E-state index contributed by atoms with van der Waals surface area (Å²) in [5.41, 5.74) is 2.45. The van der Waals surface area contributed by atoms with Crippen LogP contribution in [0.25, 0.3) is 0 Å². The predicted molar refractivity (Wildman–Crippen MR) is 81.3 cm³/mol. The molecule has 0 saturated carbocycles. The van der Waals surface area contributed by atoms with E-state index in [2.05, 4.69) is 10.5 Å². The first-order valence-electron chi connectivity index (χ1n) is 6.04. The molecule has 2 rings (SSSR count).